The second-order valence-electron chi connectivity index (χ2n) is 5.16. The van der Waals surface area contributed by atoms with Gasteiger partial charge in [0.15, 0.2) is 0 Å². The molecule has 0 saturated heterocycles. The zero-order valence-electron chi connectivity index (χ0n) is 12.1. The molecule has 0 aromatic heterocycles. The summed E-state index contributed by atoms with van der Waals surface area (Å²) in [5.41, 5.74) is 6.73. The van der Waals surface area contributed by atoms with Crippen LogP contribution in [0, 0.1) is 0 Å². The maximum atomic E-state index is 12.5. The quantitative estimate of drug-likeness (QED) is 0.879. The van der Waals surface area contributed by atoms with E-state index in [1.807, 2.05) is 6.92 Å². The molecule has 0 fully saturated rings. The molecule has 3 N–H and O–H groups in total. The highest BCUT2D eigenvalue weighted by atomic mass is 32.2. The van der Waals surface area contributed by atoms with Crippen molar-refractivity contribution in [2.24, 2.45) is 5.73 Å². The molecule has 0 aliphatic rings. The van der Waals surface area contributed by atoms with Gasteiger partial charge in [0.25, 0.3) is 0 Å². The van der Waals surface area contributed by atoms with Crippen molar-refractivity contribution in [2.45, 2.75) is 29.2 Å². The van der Waals surface area contributed by atoms with Crippen LogP contribution < -0.4 is 5.73 Å². The number of carboxylic acid groups (broad SMARTS) is 1. The Hall–Kier alpha value is -2.18. The third kappa shape index (κ3) is 3.52. The average molecular weight is 319 g/mol. The predicted octanol–water partition coefficient (Wildman–Crippen LogP) is 2.11. The molecule has 2 aromatic rings. The molecule has 5 nitrogen and oxygen atoms in total. The molecule has 0 amide bonds. The summed E-state index contributed by atoms with van der Waals surface area (Å²) in [6.45, 7) is 1.88. The molecule has 2 rings (SSSR count). The lowest BCUT2D eigenvalue weighted by Gasteiger charge is -2.08. The van der Waals surface area contributed by atoms with Gasteiger partial charge in [0.05, 0.1) is 15.4 Å². The fourth-order valence-electron chi connectivity index (χ4n) is 2.09. The van der Waals surface area contributed by atoms with Crippen LogP contribution in [0.2, 0.25) is 0 Å². The first-order valence-electron chi connectivity index (χ1n) is 6.73. The summed E-state index contributed by atoms with van der Waals surface area (Å²) >= 11 is 0. The van der Waals surface area contributed by atoms with Crippen LogP contribution in [0.5, 0.6) is 0 Å². The van der Waals surface area contributed by atoms with E-state index in [1.54, 1.807) is 12.1 Å². The standard InChI is InChI=1S/C16H17NO4S/c1-11(17)10-12-2-6-14(7-3-12)22(20,21)15-8-4-13(5-9-15)16(18)19/h2-9,11H,10,17H2,1H3,(H,18,19). The van der Waals surface area contributed by atoms with Crippen molar-refractivity contribution in [3.63, 3.8) is 0 Å². The minimum atomic E-state index is -3.65. The zero-order valence-corrected chi connectivity index (χ0v) is 12.9. The summed E-state index contributed by atoms with van der Waals surface area (Å²) in [5.74, 6) is -1.09. The van der Waals surface area contributed by atoms with Gasteiger partial charge in [-0.05, 0) is 55.3 Å². The van der Waals surface area contributed by atoms with Gasteiger partial charge in [0.2, 0.25) is 9.84 Å². The third-order valence-electron chi connectivity index (χ3n) is 3.20. The van der Waals surface area contributed by atoms with Gasteiger partial charge in [-0.2, -0.15) is 0 Å². The fourth-order valence-corrected chi connectivity index (χ4v) is 3.35. The minimum absolute atomic E-state index is 0.00557. The van der Waals surface area contributed by atoms with E-state index in [1.165, 1.54) is 36.4 Å². The van der Waals surface area contributed by atoms with Crippen molar-refractivity contribution in [1.82, 2.24) is 0 Å². The van der Waals surface area contributed by atoms with Crippen LogP contribution in [0.1, 0.15) is 22.8 Å². The van der Waals surface area contributed by atoms with E-state index in [9.17, 15) is 13.2 Å². The minimum Gasteiger partial charge on any atom is -0.478 e. The van der Waals surface area contributed by atoms with Crippen molar-refractivity contribution in [2.75, 3.05) is 0 Å². The van der Waals surface area contributed by atoms with Crippen LogP contribution in [-0.2, 0) is 16.3 Å². The number of hydrogen-bond acceptors (Lipinski definition) is 4. The molecule has 0 aliphatic carbocycles. The Morgan fingerprint density at radius 1 is 1.05 bits per heavy atom. The van der Waals surface area contributed by atoms with Gasteiger partial charge in [-0.15, -0.1) is 0 Å². The molecule has 0 radical (unpaired) electrons. The van der Waals surface area contributed by atoms with Gasteiger partial charge in [-0.1, -0.05) is 12.1 Å². The van der Waals surface area contributed by atoms with Crippen LogP contribution in [0.15, 0.2) is 58.3 Å². The van der Waals surface area contributed by atoms with Crippen molar-refractivity contribution in [3.8, 4) is 0 Å². The molecule has 0 heterocycles. The second kappa shape index (κ2) is 6.29. The SMILES string of the molecule is CC(N)Cc1ccc(S(=O)(=O)c2ccc(C(=O)O)cc2)cc1. The first-order valence-corrected chi connectivity index (χ1v) is 8.22. The predicted molar refractivity (Wildman–Crippen MR) is 82.6 cm³/mol. The fraction of sp³-hybridized carbons (Fsp3) is 0.188. The Bertz CT molecular complexity index is 763. The molecule has 1 unspecified atom stereocenters. The largest absolute Gasteiger partial charge is 0.478 e. The molecule has 0 bridgehead atoms. The molecule has 116 valence electrons. The normalized spacial score (nSPS) is 12.8. The van der Waals surface area contributed by atoms with E-state index in [4.69, 9.17) is 10.8 Å². The molecule has 6 heteroatoms. The van der Waals surface area contributed by atoms with E-state index in [2.05, 4.69) is 0 Å². The highest BCUT2D eigenvalue weighted by Crippen LogP contribution is 2.22. The van der Waals surface area contributed by atoms with Gasteiger partial charge in [0.1, 0.15) is 0 Å². The summed E-state index contributed by atoms with van der Waals surface area (Å²) in [6, 6.07) is 11.7. The lowest BCUT2D eigenvalue weighted by Crippen LogP contribution is -2.17. The number of sulfone groups is 1. The van der Waals surface area contributed by atoms with E-state index >= 15 is 0 Å². The number of nitrogens with two attached hydrogens (primary N) is 1. The first-order chi connectivity index (χ1) is 10.3. The van der Waals surface area contributed by atoms with Gasteiger partial charge in [-0.3, -0.25) is 0 Å². The Morgan fingerprint density at radius 3 is 1.91 bits per heavy atom. The highest BCUT2D eigenvalue weighted by Gasteiger charge is 2.18. The number of carbonyl (C=O) groups is 1. The molecular weight excluding hydrogens is 302 g/mol. The summed E-state index contributed by atoms with van der Waals surface area (Å²) in [7, 11) is -3.65. The van der Waals surface area contributed by atoms with Crippen LogP contribution in [-0.4, -0.2) is 25.5 Å². The highest BCUT2D eigenvalue weighted by molar-refractivity contribution is 7.91. The summed E-state index contributed by atoms with van der Waals surface area (Å²) in [4.78, 5) is 11.0. The molecule has 2 aromatic carbocycles. The Morgan fingerprint density at radius 2 is 1.50 bits per heavy atom. The number of carboxylic acids is 1. The van der Waals surface area contributed by atoms with Crippen molar-refractivity contribution < 1.29 is 18.3 Å². The van der Waals surface area contributed by atoms with Crippen LogP contribution in [0.25, 0.3) is 0 Å². The van der Waals surface area contributed by atoms with Crippen LogP contribution in [0.4, 0.5) is 0 Å². The van der Waals surface area contributed by atoms with E-state index in [-0.39, 0.29) is 21.4 Å². The Kier molecular flexibility index (Phi) is 4.63. The van der Waals surface area contributed by atoms with Crippen LogP contribution in [0.3, 0.4) is 0 Å². The maximum Gasteiger partial charge on any atom is 0.335 e. The van der Waals surface area contributed by atoms with Crippen molar-refractivity contribution in [1.29, 1.82) is 0 Å². The molecule has 0 saturated carbocycles. The maximum absolute atomic E-state index is 12.5. The van der Waals surface area contributed by atoms with Crippen molar-refractivity contribution in [3.05, 3.63) is 59.7 Å². The van der Waals surface area contributed by atoms with Gasteiger partial charge in [0, 0.05) is 6.04 Å². The number of benzene rings is 2. The lowest BCUT2D eigenvalue weighted by atomic mass is 10.1. The number of hydrogen-bond donors (Lipinski definition) is 2. The number of aromatic carboxylic acids is 1. The average Bonchev–Trinajstić information content (AvgIpc) is 2.47. The monoisotopic (exact) mass is 319 g/mol. The molecule has 0 spiro atoms. The van der Waals surface area contributed by atoms with Gasteiger partial charge in [-0.25, -0.2) is 13.2 Å². The Balaban J connectivity index is 2.31. The van der Waals surface area contributed by atoms with E-state index in [0.717, 1.165) is 5.56 Å². The van der Waals surface area contributed by atoms with Crippen LogP contribution >= 0.6 is 0 Å². The molecule has 0 aliphatic heterocycles. The molecular formula is C16H17NO4S. The van der Waals surface area contributed by atoms with E-state index in [0.29, 0.717) is 6.42 Å². The topological polar surface area (TPSA) is 97.5 Å². The summed E-state index contributed by atoms with van der Waals surface area (Å²) < 4.78 is 25.0. The zero-order chi connectivity index (χ0) is 16.3. The molecule has 1 atom stereocenters. The smallest absolute Gasteiger partial charge is 0.335 e. The van der Waals surface area contributed by atoms with Gasteiger partial charge < -0.3 is 10.8 Å². The third-order valence-corrected chi connectivity index (χ3v) is 4.99. The Labute approximate surface area is 129 Å². The first kappa shape index (κ1) is 16.2. The van der Waals surface area contributed by atoms with Crippen molar-refractivity contribution >= 4 is 15.8 Å². The van der Waals surface area contributed by atoms with E-state index < -0.39 is 15.8 Å². The summed E-state index contributed by atoms with van der Waals surface area (Å²) in [6.07, 6.45) is 0.674. The van der Waals surface area contributed by atoms with Gasteiger partial charge >= 0.3 is 5.97 Å². The summed E-state index contributed by atoms with van der Waals surface area (Å²) in [5, 5.41) is 8.84. The number of rotatable bonds is 5. The second-order valence-corrected chi connectivity index (χ2v) is 7.11. The lowest BCUT2D eigenvalue weighted by molar-refractivity contribution is 0.0696. The molecule has 22 heavy (non-hydrogen) atoms.